The van der Waals surface area contributed by atoms with Crippen LogP contribution in [0.2, 0.25) is 0 Å². The van der Waals surface area contributed by atoms with Gasteiger partial charge >= 0.3 is 0 Å². The Hall–Kier alpha value is -0.910. The van der Waals surface area contributed by atoms with Gasteiger partial charge < -0.3 is 5.73 Å². The van der Waals surface area contributed by atoms with E-state index in [1.54, 1.807) is 11.3 Å². The van der Waals surface area contributed by atoms with Crippen molar-refractivity contribution in [3.8, 4) is 0 Å². The third kappa shape index (κ3) is 2.83. The maximum Gasteiger partial charge on any atom is 0.0350 e. The van der Waals surface area contributed by atoms with E-state index in [0.717, 1.165) is 6.42 Å². The van der Waals surface area contributed by atoms with Crippen molar-refractivity contribution in [1.29, 1.82) is 0 Å². The Morgan fingerprint density at radius 1 is 1.05 bits per heavy atom. The molecule has 3 heteroatoms. The average molecular weight is 379 g/mol. The van der Waals surface area contributed by atoms with Gasteiger partial charge in [0.2, 0.25) is 0 Å². The lowest BCUT2D eigenvalue weighted by molar-refractivity contribution is 0.730. The third-order valence-corrected chi connectivity index (χ3v) is 4.98. The molecule has 0 spiro atoms. The second-order valence-electron chi connectivity index (χ2n) is 4.62. The molecule has 1 atom stereocenters. The zero-order valence-electron chi connectivity index (χ0n) is 10.3. The number of benzene rings is 2. The van der Waals surface area contributed by atoms with Crippen molar-refractivity contribution >= 4 is 44.0 Å². The van der Waals surface area contributed by atoms with Crippen LogP contribution in [-0.2, 0) is 6.42 Å². The molecule has 3 aromatic rings. The van der Waals surface area contributed by atoms with Gasteiger partial charge in [-0.2, -0.15) is 0 Å². The van der Waals surface area contributed by atoms with Crippen LogP contribution in [0.4, 0.5) is 0 Å². The molecule has 0 aliphatic heterocycles. The smallest absolute Gasteiger partial charge is 0.0350 e. The molecule has 96 valence electrons. The van der Waals surface area contributed by atoms with Gasteiger partial charge in [0.25, 0.3) is 0 Å². The summed E-state index contributed by atoms with van der Waals surface area (Å²) in [5.74, 6) is 0. The van der Waals surface area contributed by atoms with Gasteiger partial charge in [0.05, 0.1) is 0 Å². The normalized spacial score (nSPS) is 12.7. The summed E-state index contributed by atoms with van der Waals surface area (Å²) < 4.78 is 2.58. The van der Waals surface area contributed by atoms with Gasteiger partial charge in [0, 0.05) is 14.3 Å². The summed E-state index contributed by atoms with van der Waals surface area (Å²) in [5.41, 5.74) is 8.94. The molecule has 3 rings (SSSR count). The fourth-order valence-electron chi connectivity index (χ4n) is 2.27. The number of thiophene rings is 1. The summed E-state index contributed by atoms with van der Waals surface area (Å²) in [6, 6.07) is 17.1. The van der Waals surface area contributed by atoms with Crippen LogP contribution < -0.4 is 5.73 Å². The fourth-order valence-corrected chi connectivity index (χ4v) is 3.66. The van der Waals surface area contributed by atoms with E-state index in [1.807, 2.05) is 0 Å². The van der Waals surface area contributed by atoms with Gasteiger partial charge in [-0.3, -0.25) is 0 Å². The fraction of sp³-hybridized carbons (Fsp3) is 0.125. The molecule has 1 unspecified atom stereocenters. The largest absolute Gasteiger partial charge is 0.324 e. The maximum atomic E-state index is 6.38. The van der Waals surface area contributed by atoms with Crippen molar-refractivity contribution in [2.45, 2.75) is 12.5 Å². The molecule has 0 saturated heterocycles. The molecule has 0 fully saturated rings. The first-order valence-corrected chi connectivity index (χ1v) is 8.16. The summed E-state index contributed by atoms with van der Waals surface area (Å²) in [4.78, 5) is 0. The first kappa shape index (κ1) is 13.1. The predicted octanol–water partition coefficient (Wildman–Crippen LogP) is 4.75. The summed E-state index contributed by atoms with van der Waals surface area (Å²) in [6.07, 6.45) is 0.887. The van der Waals surface area contributed by atoms with Crippen molar-refractivity contribution in [3.63, 3.8) is 0 Å². The average Bonchev–Trinajstić information content (AvgIpc) is 2.85. The van der Waals surface area contributed by atoms with Crippen molar-refractivity contribution < 1.29 is 0 Å². The summed E-state index contributed by atoms with van der Waals surface area (Å²) in [5, 5.41) is 3.49. The van der Waals surface area contributed by atoms with E-state index in [4.69, 9.17) is 5.73 Å². The topological polar surface area (TPSA) is 26.0 Å². The van der Waals surface area contributed by atoms with Crippen LogP contribution in [0.3, 0.4) is 0 Å². The first-order chi connectivity index (χ1) is 9.24. The van der Waals surface area contributed by atoms with Crippen LogP contribution in [0.5, 0.6) is 0 Å². The zero-order valence-corrected chi connectivity index (χ0v) is 13.3. The quantitative estimate of drug-likeness (QED) is 0.653. The van der Waals surface area contributed by atoms with Crippen molar-refractivity contribution in [2.24, 2.45) is 5.73 Å². The number of halogens is 1. The molecular formula is C16H14INS. The Kier molecular flexibility index (Phi) is 3.86. The number of rotatable bonds is 3. The monoisotopic (exact) mass is 379 g/mol. The number of nitrogens with two attached hydrogens (primary N) is 1. The van der Waals surface area contributed by atoms with Crippen LogP contribution in [0.25, 0.3) is 10.1 Å². The number of fused-ring (bicyclic) bond motifs is 1. The zero-order chi connectivity index (χ0) is 13.2. The highest BCUT2D eigenvalue weighted by Crippen LogP contribution is 2.30. The Labute approximate surface area is 130 Å². The molecule has 2 N–H and O–H groups in total. The maximum absolute atomic E-state index is 6.38. The van der Waals surface area contributed by atoms with Crippen molar-refractivity contribution in [3.05, 3.63) is 68.6 Å². The number of hydrogen-bond donors (Lipinski definition) is 1. The molecule has 1 aromatic heterocycles. The van der Waals surface area contributed by atoms with Crippen LogP contribution in [0.1, 0.15) is 17.2 Å². The Balaban J connectivity index is 1.87. The summed E-state index contributed by atoms with van der Waals surface area (Å²) in [7, 11) is 0. The lowest BCUT2D eigenvalue weighted by Crippen LogP contribution is -2.12. The van der Waals surface area contributed by atoms with E-state index in [-0.39, 0.29) is 6.04 Å². The van der Waals surface area contributed by atoms with Crippen LogP contribution in [0, 0.1) is 3.57 Å². The molecule has 1 heterocycles. The van der Waals surface area contributed by atoms with Gasteiger partial charge in [0.15, 0.2) is 0 Å². The second-order valence-corrected chi connectivity index (χ2v) is 6.78. The van der Waals surface area contributed by atoms with E-state index in [0.29, 0.717) is 0 Å². The van der Waals surface area contributed by atoms with Gasteiger partial charge in [-0.25, -0.2) is 0 Å². The Morgan fingerprint density at radius 3 is 2.58 bits per heavy atom. The molecular weight excluding hydrogens is 365 g/mol. The standard InChI is InChI=1S/C16H14INS/c17-12-7-5-11(6-8-12)9-15(18)14-10-19-16-4-2-1-3-13(14)16/h1-8,10,15H,9,18H2. The van der Waals surface area contributed by atoms with E-state index in [2.05, 4.69) is 76.5 Å². The van der Waals surface area contributed by atoms with Gasteiger partial charge in [0.1, 0.15) is 0 Å². The van der Waals surface area contributed by atoms with Crippen LogP contribution in [0.15, 0.2) is 53.9 Å². The van der Waals surface area contributed by atoms with E-state index < -0.39 is 0 Å². The first-order valence-electron chi connectivity index (χ1n) is 6.20. The summed E-state index contributed by atoms with van der Waals surface area (Å²) in [6.45, 7) is 0. The molecule has 0 bridgehead atoms. The minimum atomic E-state index is 0.0659. The molecule has 1 nitrogen and oxygen atoms in total. The highest BCUT2D eigenvalue weighted by atomic mass is 127. The Morgan fingerprint density at radius 2 is 1.79 bits per heavy atom. The van der Waals surface area contributed by atoms with E-state index in [1.165, 1.54) is 24.8 Å². The minimum Gasteiger partial charge on any atom is -0.324 e. The molecule has 0 aliphatic rings. The molecule has 19 heavy (non-hydrogen) atoms. The molecule has 0 saturated carbocycles. The molecule has 0 radical (unpaired) electrons. The van der Waals surface area contributed by atoms with Crippen molar-refractivity contribution in [2.75, 3.05) is 0 Å². The highest BCUT2D eigenvalue weighted by molar-refractivity contribution is 14.1. The lowest BCUT2D eigenvalue weighted by atomic mass is 9.99. The lowest BCUT2D eigenvalue weighted by Gasteiger charge is -2.11. The SMILES string of the molecule is NC(Cc1ccc(I)cc1)c1csc2ccccc12. The molecule has 0 amide bonds. The van der Waals surface area contributed by atoms with E-state index in [9.17, 15) is 0 Å². The third-order valence-electron chi connectivity index (χ3n) is 3.28. The minimum absolute atomic E-state index is 0.0659. The molecule has 0 aliphatic carbocycles. The second kappa shape index (κ2) is 5.61. The highest BCUT2D eigenvalue weighted by Gasteiger charge is 2.12. The van der Waals surface area contributed by atoms with Gasteiger partial charge in [-0.05, 0) is 69.1 Å². The summed E-state index contributed by atoms with van der Waals surface area (Å²) >= 11 is 4.10. The predicted molar refractivity (Wildman–Crippen MR) is 91.6 cm³/mol. The van der Waals surface area contributed by atoms with Crippen LogP contribution in [-0.4, -0.2) is 0 Å². The van der Waals surface area contributed by atoms with Crippen LogP contribution >= 0.6 is 33.9 Å². The Bertz CT molecular complexity index is 687. The van der Waals surface area contributed by atoms with Gasteiger partial charge in [-0.15, -0.1) is 11.3 Å². The van der Waals surface area contributed by atoms with Crippen molar-refractivity contribution in [1.82, 2.24) is 0 Å². The molecule has 2 aromatic carbocycles. The number of hydrogen-bond acceptors (Lipinski definition) is 2. The van der Waals surface area contributed by atoms with E-state index >= 15 is 0 Å². The van der Waals surface area contributed by atoms with Gasteiger partial charge in [-0.1, -0.05) is 30.3 Å².